The highest BCUT2D eigenvalue weighted by atomic mass is 19.4. The van der Waals surface area contributed by atoms with E-state index < -0.39 is 30.2 Å². The zero-order chi connectivity index (χ0) is 14.8. The maximum atomic E-state index is 12.3. The molecule has 0 aromatic heterocycles. The summed E-state index contributed by atoms with van der Waals surface area (Å²) in [6.07, 6.45) is -10.9. The molecule has 0 radical (unpaired) electrons. The van der Waals surface area contributed by atoms with Crippen LogP contribution in [0, 0.1) is 11.8 Å². The molecule has 3 nitrogen and oxygen atoms in total. The van der Waals surface area contributed by atoms with Crippen molar-refractivity contribution in [1.29, 1.82) is 0 Å². The molecular formula is C10H14F6N2O. The molecule has 0 aliphatic carbocycles. The van der Waals surface area contributed by atoms with Crippen molar-refractivity contribution in [2.24, 2.45) is 11.8 Å². The fraction of sp³-hybridized carbons (Fsp3) is 0.900. The van der Waals surface area contributed by atoms with Crippen molar-refractivity contribution in [3.63, 3.8) is 0 Å². The number of amides is 1. The van der Waals surface area contributed by atoms with Crippen molar-refractivity contribution in [2.75, 3.05) is 13.1 Å². The standard InChI is InChI=1S/C10H14F6N2O/c1-5-2-6(4-17-3-5)18-8(19)7(9(11,12)13)10(14,15)16/h5-7,17H,2-4H2,1H3,(H,18,19). The van der Waals surface area contributed by atoms with Crippen molar-refractivity contribution in [3.05, 3.63) is 0 Å². The largest absolute Gasteiger partial charge is 0.409 e. The summed E-state index contributed by atoms with van der Waals surface area (Å²) in [5.74, 6) is -5.94. The average Bonchev–Trinajstić information content (AvgIpc) is 2.11. The van der Waals surface area contributed by atoms with Gasteiger partial charge in [-0.1, -0.05) is 6.92 Å². The summed E-state index contributed by atoms with van der Waals surface area (Å²) in [6.45, 7) is 2.57. The van der Waals surface area contributed by atoms with Gasteiger partial charge in [-0.15, -0.1) is 0 Å². The second kappa shape index (κ2) is 5.56. The monoisotopic (exact) mass is 292 g/mol. The van der Waals surface area contributed by atoms with Gasteiger partial charge < -0.3 is 10.6 Å². The van der Waals surface area contributed by atoms with Gasteiger partial charge in [-0.3, -0.25) is 4.79 Å². The summed E-state index contributed by atoms with van der Waals surface area (Å²) in [5.41, 5.74) is 0. The molecule has 2 atom stereocenters. The average molecular weight is 292 g/mol. The van der Waals surface area contributed by atoms with Gasteiger partial charge in [0.05, 0.1) is 0 Å². The number of halogens is 6. The number of hydrogen-bond acceptors (Lipinski definition) is 2. The molecule has 0 bridgehead atoms. The number of alkyl halides is 6. The molecule has 2 unspecified atom stereocenters. The van der Waals surface area contributed by atoms with E-state index in [0.717, 1.165) is 0 Å². The highest BCUT2D eigenvalue weighted by molar-refractivity contribution is 5.80. The molecule has 9 heteroatoms. The summed E-state index contributed by atoms with van der Waals surface area (Å²) >= 11 is 0. The van der Waals surface area contributed by atoms with E-state index in [1.165, 1.54) is 0 Å². The summed E-state index contributed by atoms with van der Waals surface area (Å²) in [6, 6.07) is -0.719. The van der Waals surface area contributed by atoms with Crippen LogP contribution in [0.4, 0.5) is 26.3 Å². The molecule has 1 heterocycles. The van der Waals surface area contributed by atoms with E-state index in [0.29, 0.717) is 13.0 Å². The Morgan fingerprint density at radius 2 is 1.68 bits per heavy atom. The van der Waals surface area contributed by atoms with Crippen LogP contribution < -0.4 is 10.6 Å². The lowest BCUT2D eigenvalue weighted by Crippen LogP contribution is -2.54. The molecular weight excluding hydrogens is 278 g/mol. The fourth-order valence-corrected chi connectivity index (χ4v) is 2.03. The summed E-state index contributed by atoms with van der Waals surface area (Å²) in [4.78, 5) is 11.2. The van der Waals surface area contributed by atoms with Crippen molar-refractivity contribution in [3.8, 4) is 0 Å². The van der Waals surface area contributed by atoms with Gasteiger partial charge in [-0.2, -0.15) is 26.3 Å². The number of hydrogen-bond donors (Lipinski definition) is 2. The van der Waals surface area contributed by atoms with Gasteiger partial charge in [0.1, 0.15) is 0 Å². The van der Waals surface area contributed by atoms with Crippen LogP contribution in [0.2, 0.25) is 0 Å². The van der Waals surface area contributed by atoms with E-state index in [4.69, 9.17) is 0 Å². The first-order chi connectivity index (χ1) is 8.51. The lowest BCUT2D eigenvalue weighted by atomic mass is 9.97. The molecule has 1 rings (SSSR count). The number of carbonyl (C=O) groups excluding carboxylic acids is 1. The van der Waals surface area contributed by atoms with Crippen LogP contribution in [0.25, 0.3) is 0 Å². The lowest BCUT2D eigenvalue weighted by molar-refractivity contribution is -0.274. The zero-order valence-electron chi connectivity index (χ0n) is 10.0. The Morgan fingerprint density at radius 3 is 2.11 bits per heavy atom. The number of piperidine rings is 1. The minimum absolute atomic E-state index is 0.0780. The summed E-state index contributed by atoms with van der Waals surface area (Å²) in [7, 11) is 0. The maximum absolute atomic E-state index is 12.3. The Balaban J connectivity index is 2.73. The van der Waals surface area contributed by atoms with Crippen LogP contribution >= 0.6 is 0 Å². The lowest BCUT2D eigenvalue weighted by Gasteiger charge is -2.30. The molecule has 2 N–H and O–H groups in total. The molecule has 0 saturated carbocycles. The van der Waals surface area contributed by atoms with Gasteiger partial charge in [0, 0.05) is 12.6 Å². The topological polar surface area (TPSA) is 41.1 Å². The van der Waals surface area contributed by atoms with Gasteiger partial charge in [0.15, 0.2) is 0 Å². The molecule has 1 aliphatic rings. The highest BCUT2D eigenvalue weighted by Gasteiger charge is 2.61. The van der Waals surface area contributed by atoms with E-state index in [-0.39, 0.29) is 12.5 Å². The van der Waals surface area contributed by atoms with Crippen LogP contribution in [-0.4, -0.2) is 37.4 Å². The molecule has 0 aromatic carbocycles. The third-order valence-electron chi connectivity index (χ3n) is 2.83. The normalized spacial score (nSPS) is 25.5. The minimum Gasteiger partial charge on any atom is -0.351 e. The molecule has 19 heavy (non-hydrogen) atoms. The number of nitrogens with one attached hydrogen (secondary N) is 2. The molecule has 1 amide bonds. The first-order valence-electron chi connectivity index (χ1n) is 5.66. The van der Waals surface area contributed by atoms with E-state index in [1.54, 1.807) is 6.92 Å². The molecule has 1 fully saturated rings. The van der Waals surface area contributed by atoms with Crippen LogP contribution in [0.3, 0.4) is 0 Å². The SMILES string of the molecule is CC1CNCC(NC(=O)C(C(F)(F)F)C(F)(F)F)C1. The number of rotatable bonds is 2. The zero-order valence-corrected chi connectivity index (χ0v) is 10.0. The Kier molecular flexibility index (Phi) is 4.70. The fourth-order valence-electron chi connectivity index (χ4n) is 2.03. The summed E-state index contributed by atoms with van der Waals surface area (Å²) < 4.78 is 73.8. The van der Waals surface area contributed by atoms with Gasteiger partial charge in [0.2, 0.25) is 11.8 Å². The van der Waals surface area contributed by atoms with Crippen molar-refractivity contribution >= 4 is 5.91 Å². The van der Waals surface area contributed by atoms with Crippen molar-refractivity contribution in [1.82, 2.24) is 10.6 Å². The van der Waals surface area contributed by atoms with Crippen LogP contribution in [0.5, 0.6) is 0 Å². The Labute approximate surface area is 105 Å². The van der Waals surface area contributed by atoms with Crippen molar-refractivity contribution < 1.29 is 31.1 Å². The third kappa shape index (κ3) is 4.55. The first-order valence-corrected chi connectivity index (χ1v) is 5.66. The van der Waals surface area contributed by atoms with Gasteiger partial charge >= 0.3 is 12.4 Å². The van der Waals surface area contributed by atoms with Crippen LogP contribution in [-0.2, 0) is 4.79 Å². The maximum Gasteiger partial charge on any atom is 0.409 e. The van der Waals surface area contributed by atoms with Gasteiger partial charge in [-0.05, 0) is 18.9 Å². The predicted molar refractivity (Wildman–Crippen MR) is 54.2 cm³/mol. The Bertz CT molecular complexity index is 313. The number of carbonyl (C=O) groups is 1. The van der Waals surface area contributed by atoms with E-state index >= 15 is 0 Å². The first kappa shape index (κ1) is 16.1. The van der Waals surface area contributed by atoms with Crippen molar-refractivity contribution in [2.45, 2.75) is 31.7 Å². The van der Waals surface area contributed by atoms with E-state index in [2.05, 4.69) is 5.32 Å². The predicted octanol–water partition coefficient (Wildman–Crippen LogP) is 1.84. The van der Waals surface area contributed by atoms with E-state index in [1.807, 2.05) is 5.32 Å². The van der Waals surface area contributed by atoms with Gasteiger partial charge in [-0.25, -0.2) is 0 Å². The molecule has 0 aromatic rings. The van der Waals surface area contributed by atoms with Gasteiger partial charge in [0.25, 0.3) is 0 Å². The summed E-state index contributed by atoms with van der Waals surface area (Å²) in [5, 5.41) is 4.65. The third-order valence-corrected chi connectivity index (χ3v) is 2.83. The van der Waals surface area contributed by atoms with Crippen LogP contribution in [0.1, 0.15) is 13.3 Å². The quantitative estimate of drug-likeness (QED) is 0.763. The molecule has 1 aliphatic heterocycles. The molecule has 0 spiro atoms. The second-order valence-electron chi connectivity index (χ2n) is 4.72. The minimum atomic E-state index is -5.64. The highest BCUT2D eigenvalue weighted by Crippen LogP contribution is 2.39. The Morgan fingerprint density at radius 1 is 1.16 bits per heavy atom. The molecule has 112 valence electrons. The smallest absolute Gasteiger partial charge is 0.351 e. The molecule has 1 saturated heterocycles. The Hall–Kier alpha value is -0.990. The second-order valence-corrected chi connectivity index (χ2v) is 4.72. The van der Waals surface area contributed by atoms with Crippen LogP contribution in [0.15, 0.2) is 0 Å². The van der Waals surface area contributed by atoms with E-state index in [9.17, 15) is 31.1 Å².